The first-order valence-corrected chi connectivity index (χ1v) is 26.5. The van der Waals surface area contributed by atoms with Crippen molar-refractivity contribution in [2.45, 2.75) is 137 Å². The molecule has 0 amide bonds. The number of hydrogen-bond donors (Lipinski definition) is 0. The molecule has 0 unspecified atom stereocenters. The highest BCUT2D eigenvalue weighted by Gasteiger charge is 2.48. The lowest BCUT2D eigenvalue weighted by Crippen LogP contribution is -2.59. The van der Waals surface area contributed by atoms with Crippen LogP contribution < -0.4 is 24.8 Å². The monoisotopic (exact) mass is 925 g/mol. The Labute approximate surface area is 412 Å². The summed E-state index contributed by atoms with van der Waals surface area (Å²) in [6.07, 6.45) is 2.36. The van der Waals surface area contributed by atoms with Crippen LogP contribution in [0, 0.1) is 6.92 Å². The number of nitrogens with zero attached hydrogens (tertiary/aromatic N) is 3. The summed E-state index contributed by atoms with van der Waals surface area (Å²) in [7, 11) is 0. The summed E-state index contributed by atoms with van der Waals surface area (Å²) in [6.45, 7) is 32.8. The van der Waals surface area contributed by atoms with Crippen LogP contribution in [0.3, 0.4) is 0 Å². The number of aryl methyl sites for hydroxylation is 1. The number of hydrogen-bond acceptors (Lipinski definition) is 5. The number of thiophene rings is 2. The fraction of sp³-hybridized carbons (Fsp3) is 0.339. The molecule has 2 aliphatic heterocycles. The molecule has 68 heavy (non-hydrogen) atoms. The predicted molar refractivity (Wildman–Crippen MR) is 300 cm³/mol. The topological polar surface area (TPSA) is 19.4 Å². The van der Waals surface area contributed by atoms with E-state index in [1.807, 2.05) is 22.7 Å². The van der Waals surface area contributed by atoms with Crippen molar-refractivity contribution in [1.29, 1.82) is 0 Å². The molecule has 3 aliphatic rings. The zero-order valence-corrected chi connectivity index (χ0v) is 44.2. The maximum absolute atomic E-state index is 5.68. The Bertz CT molecular complexity index is 3600. The van der Waals surface area contributed by atoms with Gasteiger partial charge >= 0.3 is 0 Å². The van der Waals surface area contributed by atoms with Crippen molar-refractivity contribution in [2.24, 2.45) is 0 Å². The van der Waals surface area contributed by atoms with Crippen LogP contribution in [0.25, 0.3) is 41.7 Å². The maximum Gasteiger partial charge on any atom is 0.279 e. The van der Waals surface area contributed by atoms with Crippen LogP contribution in [-0.4, -0.2) is 11.7 Å². The van der Waals surface area contributed by atoms with E-state index < -0.39 is 0 Å². The van der Waals surface area contributed by atoms with Gasteiger partial charge in [-0.25, -0.2) is 4.98 Å². The Kier molecular flexibility index (Phi) is 9.23. The fourth-order valence-electron chi connectivity index (χ4n) is 11.7. The second-order valence-corrected chi connectivity index (χ2v) is 27.0. The third kappa shape index (κ3) is 6.59. The number of benzene rings is 6. The normalized spacial score (nSPS) is 16.4. The molecule has 0 bridgehead atoms. The maximum atomic E-state index is 5.68. The van der Waals surface area contributed by atoms with Gasteiger partial charge in [0.25, 0.3) is 6.71 Å². The van der Waals surface area contributed by atoms with E-state index in [1.165, 1.54) is 120 Å². The van der Waals surface area contributed by atoms with Gasteiger partial charge in [0.2, 0.25) is 0 Å². The van der Waals surface area contributed by atoms with Gasteiger partial charge in [-0.2, -0.15) is 0 Å². The molecular formula is C62H64BN3S2. The van der Waals surface area contributed by atoms with Gasteiger partial charge in [-0.3, -0.25) is 4.90 Å². The molecule has 5 heterocycles. The summed E-state index contributed by atoms with van der Waals surface area (Å²) in [5.41, 5.74) is 15.8. The second-order valence-electron chi connectivity index (χ2n) is 24.9. The molecule has 9 aromatic rings. The molecule has 1 aliphatic carbocycles. The van der Waals surface area contributed by atoms with Crippen molar-refractivity contribution in [2.75, 3.05) is 9.80 Å². The summed E-state index contributed by atoms with van der Waals surface area (Å²) in [5, 5.41) is 7.79. The van der Waals surface area contributed by atoms with Gasteiger partial charge in [0.05, 0.1) is 11.4 Å². The molecule has 0 saturated carbocycles. The van der Waals surface area contributed by atoms with Crippen molar-refractivity contribution in [1.82, 2.24) is 4.98 Å². The molecule has 342 valence electrons. The Hall–Kier alpha value is -5.43. The Morgan fingerprint density at radius 2 is 0.985 bits per heavy atom. The Balaban J connectivity index is 1.20. The molecule has 0 N–H and O–H groups in total. The Morgan fingerprint density at radius 3 is 1.51 bits per heavy atom. The smallest absolute Gasteiger partial charge is 0.279 e. The Morgan fingerprint density at radius 1 is 0.500 bits per heavy atom. The lowest BCUT2D eigenvalue weighted by Gasteiger charge is -2.44. The van der Waals surface area contributed by atoms with E-state index in [-0.39, 0.29) is 33.8 Å². The van der Waals surface area contributed by atoms with E-state index in [1.54, 1.807) is 0 Å². The van der Waals surface area contributed by atoms with E-state index >= 15 is 0 Å². The average molecular weight is 926 g/mol. The molecule has 0 radical (unpaired) electrons. The summed E-state index contributed by atoms with van der Waals surface area (Å²) >= 11 is 3.98. The summed E-state index contributed by atoms with van der Waals surface area (Å²) < 4.78 is 5.44. The molecular weight excluding hydrogens is 862 g/mol. The van der Waals surface area contributed by atoms with Crippen LogP contribution in [0.4, 0.5) is 34.3 Å². The highest BCUT2D eigenvalue weighted by molar-refractivity contribution is 7.40. The first-order chi connectivity index (χ1) is 32.0. The second kappa shape index (κ2) is 14.3. The van der Waals surface area contributed by atoms with E-state index in [2.05, 4.69) is 216 Å². The summed E-state index contributed by atoms with van der Waals surface area (Å²) in [6, 6.07) is 43.4. The predicted octanol–water partition coefficient (Wildman–Crippen LogP) is 16.4. The lowest BCUT2D eigenvalue weighted by atomic mass is 9.39. The van der Waals surface area contributed by atoms with Crippen LogP contribution in [0.5, 0.6) is 0 Å². The minimum Gasteiger partial charge on any atom is -0.310 e. The largest absolute Gasteiger partial charge is 0.310 e. The molecule has 0 saturated heterocycles. The number of fused-ring (bicyclic) bond motifs is 11. The van der Waals surface area contributed by atoms with Crippen LogP contribution in [0.2, 0.25) is 0 Å². The van der Waals surface area contributed by atoms with Gasteiger partial charge in [-0.1, -0.05) is 145 Å². The zero-order chi connectivity index (χ0) is 47.8. The van der Waals surface area contributed by atoms with Crippen LogP contribution in [-0.2, 0) is 27.1 Å². The first-order valence-electron chi connectivity index (χ1n) is 24.9. The number of anilines is 6. The standard InChI is InChI=1S/C62H64BN3S2/c1-35-27-49-52-57(64-35)66(43-21-19-40(20-22-43)58(2,3)4)54-46-31-39-29-42(60(8,9)10)18-16-37(39)33-51(46)68-56(54)63(52)55-53(45-30-38-28-41(59(5,6)7)17-15-36(38)32-50(45)67-55)65(49)44-23-24-47-48(34-44)62(13,14)26-25-61(47,11)12/h15-24,27-34H,25-26H2,1-14H3. The van der Waals surface area contributed by atoms with Crippen molar-refractivity contribution in [3.8, 4) is 0 Å². The number of rotatable bonds is 2. The zero-order valence-electron chi connectivity index (χ0n) is 42.5. The van der Waals surface area contributed by atoms with E-state index in [4.69, 9.17) is 4.98 Å². The van der Waals surface area contributed by atoms with Gasteiger partial charge in [0.15, 0.2) is 0 Å². The highest BCUT2D eigenvalue weighted by Crippen LogP contribution is 2.53. The van der Waals surface area contributed by atoms with Crippen LogP contribution in [0.1, 0.15) is 136 Å². The molecule has 6 aromatic carbocycles. The number of aromatic nitrogens is 1. The molecule has 12 rings (SSSR count). The van der Waals surface area contributed by atoms with Gasteiger partial charge < -0.3 is 4.90 Å². The van der Waals surface area contributed by atoms with Gasteiger partial charge in [0, 0.05) is 52.5 Å². The minimum atomic E-state index is 0.00347. The summed E-state index contributed by atoms with van der Waals surface area (Å²) in [4.78, 5) is 10.9. The molecule has 3 nitrogen and oxygen atoms in total. The van der Waals surface area contributed by atoms with Crippen molar-refractivity contribution in [3.05, 3.63) is 143 Å². The van der Waals surface area contributed by atoms with Gasteiger partial charge in [0.1, 0.15) is 5.82 Å². The third-order valence-corrected chi connectivity index (χ3v) is 18.4. The van der Waals surface area contributed by atoms with Gasteiger partial charge in [-0.15, -0.1) is 22.7 Å². The fourth-order valence-corrected chi connectivity index (χ4v) is 14.5. The average Bonchev–Trinajstić information content (AvgIpc) is 3.82. The molecule has 0 spiro atoms. The van der Waals surface area contributed by atoms with Crippen molar-refractivity contribution < 1.29 is 0 Å². The van der Waals surface area contributed by atoms with E-state index in [0.717, 1.165) is 17.2 Å². The van der Waals surface area contributed by atoms with Crippen LogP contribution >= 0.6 is 22.7 Å². The molecule has 0 fully saturated rings. The quantitative estimate of drug-likeness (QED) is 0.161. The lowest BCUT2D eigenvalue weighted by molar-refractivity contribution is 0.332. The highest BCUT2D eigenvalue weighted by atomic mass is 32.1. The van der Waals surface area contributed by atoms with Crippen LogP contribution in [0.15, 0.2) is 109 Å². The number of pyridine rings is 1. The first kappa shape index (κ1) is 43.8. The van der Waals surface area contributed by atoms with Gasteiger partial charge in [-0.05, 0) is 156 Å². The third-order valence-electron chi connectivity index (χ3n) is 16.0. The van der Waals surface area contributed by atoms with E-state index in [0.29, 0.717) is 0 Å². The SMILES string of the molecule is Cc1cc2c3c(n1)N(c1ccc(C(C)(C)C)cc1)c1c(sc4cc5ccc(C(C)(C)C)cc5cc14)B3c1sc3cc4ccc(C(C)(C)C)cc4cc3c1N2c1ccc2c(c1)C(C)(C)CCC2(C)C. The van der Waals surface area contributed by atoms with Crippen molar-refractivity contribution >= 4 is 120 Å². The van der Waals surface area contributed by atoms with Crippen molar-refractivity contribution in [3.63, 3.8) is 0 Å². The molecule has 3 aromatic heterocycles. The summed E-state index contributed by atoms with van der Waals surface area (Å²) in [5.74, 6) is 1.04. The molecule has 0 atom stereocenters. The van der Waals surface area contributed by atoms with E-state index in [9.17, 15) is 0 Å². The minimum absolute atomic E-state index is 0.00347. The molecule has 6 heteroatoms.